The first-order valence-corrected chi connectivity index (χ1v) is 4.81. The second kappa shape index (κ2) is 5.10. The monoisotopic (exact) mass is 187 g/mol. The van der Waals surface area contributed by atoms with Crippen LogP contribution in [0.15, 0.2) is 0 Å². The number of ether oxygens (including phenoxy) is 1. The van der Waals surface area contributed by atoms with Crippen molar-refractivity contribution in [1.29, 1.82) is 0 Å². The average Bonchev–Trinajstić information content (AvgIpc) is 1.99. The lowest BCUT2D eigenvalue weighted by Crippen LogP contribution is -2.41. The van der Waals surface area contributed by atoms with E-state index in [1.165, 1.54) is 0 Å². The Morgan fingerprint density at radius 3 is 2.38 bits per heavy atom. The molecule has 0 saturated heterocycles. The van der Waals surface area contributed by atoms with Crippen molar-refractivity contribution in [2.45, 2.75) is 47.1 Å². The Balaban J connectivity index is 3.79. The molecule has 0 aromatic rings. The summed E-state index contributed by atoms with van der Waals surface area (Å²) in [6.07, 6.45) is 0.543. The summed E-state index contributed by atoms with van der Waals surface area (Å²) in [4.78, 5) is 11.1. The number of hydrogen-bond donors (Lipinski definition) is 1. The number of rotatable bonds is 3. The van der Waals surface area contributed by atoms with Crippen molar-refractivity contribution in [3.8, 4) is 0 Å². The molecule has 0 aliphatic heterocycles. The second-order valence-corrected chi connectivity index (χ2v) is 4.37. The Bertz CT molecular complexity index is 161. The summed E-state index contributed by atoms with van der Waals surface area (Å²) < 4.78 is 4.91. The van der Waals surface area contributed by atoms with Crippen LogP contribution in [0.2, 0.25) is 0 Å². The average molecular weight is 187 g/mol. The molecule has 0 heterocycles. The number of carbonyl (C=O) groups excluding carboxylic acids is 1. The summed E-state index contributed by atoms with van der Waals surface area (Å²) in [7, 11) is 0. The van der Waals surface area contributed by atoms with Gasteiger partial charge in [-0.15, -0.1) is 0 Å². The highest BCUT2D eigenvalue weighted by atomic mass is 16.5. The smallest absolute Gasteiger partial charge is 0.407 e. The standard InChI is InChI=1S/C10H21NO2/c1-6-7-13-9(12)11-8(2)10(3,4)5/h8H,6-7H2,1-5H3,(H,11,12). The van der Waals surface area contributed by atoms with Gasteiger partial charge in [0, 0.05) is 6.04 Å². The number of hydrogen-bond acceptors (Lipinski definition) is 2. The first-order chi connectivity index (χ1) is 5.88. The highest BCUT2D eigenvalue weighted by Crippen LogP contribution is 2.18. The Morgan fingerprint density at radius 2 is 2.00 bits per heavy atom. The summed E-state index contributed by atoms with van der Waals surface area (Å²) in [5, 5.41) is 2.79. The fraction of sp³-hybridized carbons (Fsp3) is 0.900. The van der Waals surface area contributed by atoms with Gasteiger partial charge in [0.05, 0.1) is 6.61 Å². The third-order valence-electron chi connectivity index (χ3n) is 2.07. The lowest BCUT2D eigenvalue weighted by Gasteiger charge is -2.27. The van der Waals surface area contributed by atoms with Crippen molar-refractivity contribution in [3.63, 3.8) is 0 Å². The fourth-order valence-corrected chi connectivity index (χ4v) is 0.630. The molecule has 0 aliphatic rings. The molecule has 1 N–H and O–H groups in total. The molecule has 0 spiro atoms. The Labute approximate surface area is 80.8 Å². The molecule has 1 amide bonds. The largest absolute Gasteiger partial charge is 0.450 e. The molecule has 1 unspecified atom stereocenters. The van der Waals surface area contributed by atoms with E-state index < -0.39 is 0 Å². The van der Waals surface area contributed by atoms with E-state index in [9.17, 15) is 4.79 Å². The van der Waals surface area contributed by atoms with Gasteiger partial charge in [0.15, 0.2) is 0 Å². The van der Waals surface area contributed by atoms with Gasteiger partial charge in [-0.1, -0.05) is 27.7 Å². The highest BCUT2D eigenvalue weighted by Gasteiger charge is 2.21. The zero-order chi connectivity index (χ0) is 10.5. The van der Waals surface area contributed by atoms with Gasteiger partial charge in [-0.25, -0.2) is 4.79 Å². The molecule has 0 saturated carbocycles. The zero-order valence-corrected chi connectivity index (χ0v) is 9.31. The van der Waals surface area contributed by atoms with Crippen LogP contribution in [0.25, 0.3) is 0 Å². The van der Waals surface area contributed by atoms with Crippen LogP contribution in [0, 0.1) is 5.41 Å². The minimum atomic E-state index is -0.315. The van der Waals surface area contributed by atoms with Gasteiger partial charge in [0.2, 0.25) is 0 Å². The van der Waals surface area contributed by atoms with Crippen molar-refractivity contribution < 1.29 is 9.53 Å². The van der Waals surface area contributed by atoms with Crippen molar-refractivity contribution in [2.24, 2.45) is 5.41 Å². The van der Waals surface area contributed by atoms with Gasteiger partial charge in [-0.2, -0.15) is 0 Å². The van der Waals surface area contributed by atoms with Gasteiger partial charge >= 0.3 is 6.09 Å². The summed E-state index contributed by atoms with van der Waals surface area (Å²) in [6, 6.07) is 0.122. The van der Waals surface area contributed by atoms with Crippen LogP contribution in [-0.4, -0.2) is 18.7 Å². The molecule has 0 aromatic heterocycles. The molecule has 78 valence electrons. The van der Waals surface area contributed by atoms with Crippen LogP contribution >= 0.6 is 0 Å². The minimum Gasteiger partial charge on any atom is -0.450 e. The quantitative estimate of drug-likeness (QED) is 0.737. The number of amides is 1. The van der Waals surface area contributed by atoms with Crippen LogP contribution in [0.3, 0.4) is 0 Å². The summed E-state index contributed by atoms with van der Waals surface area (Å²) >= 11 is 0. The molecule has 1 atom stereocenters. The third-order valence-corrected chi connectivity index (χ3v) is 2.07. The van der Waals surface area contributed by atoms with E-state index in [1.54, 1.807) is 0 Å². The molecule has 0 aromatic carbocycles. The van der Waals surface area contributed by atoms with E-state index in [2.05, 4.69) is 26.1 Å². The van der Waals surface area contributed by atoms with Gasteiger partial charge in [-0.3, -0.25) is 0 Å². The first kappa shape index (κ1) is 12.3. The second-order valence-electron chi connectivity index (χ2n) is 4.37. The summed E-state index contributed by atoms with van der Waals surface area (Å²) in [6.45, 7) is 10.7. The summed E-state index contributed by atoms with van der Waals surface area (Å²) in [5.41, 5.74) is 0.0746. The van der Waals surface area contributed by atoms with Crippen molar-refractivity contribution in [2.75, 3.05) is 6.61 Å². The van der Waals surface area contributed by atoms with Crippen LogP contribution in [0.4, 0.5) is 4.79 Å². The van der Waals surface area contributed by atoms with Crippen molar-refractivity contribution >= 4 is 6.09 Å². The fourth-order valence-electron chi connectivity index (χ4n) is 0.630. The molecule has 0 aliphatic carbocycles. The Morgan fingerprint density at radius 1 is 1.46 bits per heavy atom. The minimum absolute atomic E-state index is 0.0746. The predicted molar refractivity (Wildman–Crippen MR) is 53.7 cm³/mol. The van der Waals surface area contributed by atoms with E-state index in [1.807, 2.05) is 13.8 Å². The first-order valence-electron chi connectivity index (χ1n) is 4.81. The van der Waals surface area contributed by atoms with E-state index in [0.717, 1.165) is 6.42 Å². The SMILES string of the molecule is CCCOC(=O)NC(C)C(C)(C)C. The number of alkyl carbamates (subject to hydrolysis) is 1. The van der Waals surface area contributed by atoms with Gasteiger partial charge < -0.3 is 10.1 Å². The van der Waals surface area contributed by atoms with E-state index in [0.29, 0.717) is 6.61 Å². The van der Waals surface area contributed by atoms with Crippen LogP contribution in [0.5, 0.6) is 0 Å². The lowest BCUT2D eigenvalue weighted by molar-refractivity contribution is 0.134. The molecule has 13 heavy (non-hydrogen) atoms. The maximum atomic E-state index is 11.1. The van der Waals surface area contributed by atoms with Gasteiger partial charge in [0.25, 0.3) is 0 Å². The normalized spacial score (nSPS) is 13.6. The van der Waals surface area contributed by atoms with Crippen molar-refractivity contribution in [1.82, 2.24) is 5.32 Å². The van der Waals surface area contributed by atoms with Crippen molar-refractivity contribution in [3.05, 3.63) is 0 Å². The molecule has 0 rings (SSSR count). The molecular formula is C10H21NO2. The maximum absolute atomic E-state index is 11.1. The molecule has 0 bridgehead atoms. The molecule has 3 nitrogen and oxygen atoms in total. The summed E-state index contributed by atoms with van der Waals surface area (Å²) in [5.74, 6) is 0. The lowest BCUT2D eigenvalue weighted by atomic mass is 9.88. The molecule has 3 heteroatoms. The zero-order valence-electron chi connectivity index (χ0n) is 9.31. The molecular weight excluding hydrogens is 166 g/mol. The maximum Gasteiger partial charge on any atom is 0.407 e. The predicted octanol–water partition coefficient (Wildman–Crippen LogP) is 2.56. The third kappa shape index (κ3) is 5.50. The molecule has 0 radical (unpaired) electrons. The highest BCUT2D eigenvalue weighted by molar-refractivity contribution is 5.67. The topological polar surface area (TPSA) is 38.3 Å². The number of nitrogens with one attached hydrogen (secondary N) is 1. The molecule has 0 fully saturated rings. The van der Waals surface area contributed by atoms with Crippen LogP contribution in [0.1, 0.15) is 41.0 Å². The van der Waals surface area contributed by atoms with E-state index in [4.69, 9.17) is 4.74 Å². The Kier molecular flexibility index (Phi) is 4.81. The number of carbonyl (C=O) groups is 1. The Hall–Kier alpha value is -0.730. The van der Waals surface area contributed by atoms with Crippen LogP contribution in [-0.2, 0) is 4.74 Å². The van der Waals surface area contributed by atoms with E-state index in [-0.39, 0.29) is 17.6 Å². The van der Waals surface area contributed by atoms with E-state index >= 15 is 0 Å². The van der Waals surface area contributed by atoms with Gasteiger partial charge in [-0.05, 0) is 18.8 Å². The van der Waals surface area contributed by atoms with Crippen LogP contribution < -0.4 is 5.32 Å². The van der Waals surface area contributed by atoms with Gasteiger partial charge in [0.1, 0.15) is 0 Å².